The molecule has 0 saturated carbocycles. The summed E-state index contributed by atoms with van der Waals surface area (Å²) < 4.78 is 24.1. The molecule has 0 aliphatic carbocycles. The molecule has 0 radical (unpaired) electrons. The largest absolute Gasteiger partial charge is 0.274 e. The Kier molecular flexibility index (Phi) is 2.32. The van der Waals surface area contributed by atoms with Gasteiger partial charge in [-0.3, -0.25) is 4.68 Å². The number of aryl methyl sites for hydroxylation is 1. The second-order valence-electron chi connectivity index (χ2n) is 2.42. The van der Waals surface area contributed by atoms with E-state index in [2.05, 4.69) is 11.7 Å². The van der Waals surface area contributed by atoms with E-state index in [4.69, 9.17) is 0 Å². The van der Waals surface area contributed by atoms with Crippen LogP contribution in [0, 0.1) is 0 Å². The van der Waals surface area contributed by atoms with Crippen molar-refractivity contribution in [2.75, 3.05) is 5.75 Å². The zero-order valence-electron chi connectivity index (χ0n) is 6.77. The van der Waals surface area contributed by atoms with Gasteiger partial charge in [-0.25, -0.2) is 8.42 Å². The van der Waals surface area contributed by atoms with Crippen molar-refractivity contribution in [2.45, 2.75) is 4.90 Å². The highest BCUT2D eigenvalue weighted by Gasteiger charge is 2.13. The summed E-state index contributed by atoms with van der Waals surface area (Å²) in [4.78, 5) is 0.241. The van der Waals surface area contributed by atoms with Gasteiger partial charge in [-0.2, -0.15) is 5.10 Å². The molecule has 1 heterocycles. The molecule has 0 fully saturated rings. The van der Waals surface area contributed by atoms with Crippen LogP contribution in [0.25, 0.3) is 0 Å². The highest BCUT2D eigenvalue weighted by Crippen LogP contribution is 2.08. The molecule has 4 nitrogen and oxygen atoms in total. The first-order valence-corrected chi connectivity index (χ1v) is 5.04. The fourth-order valence-electron chi connectivity index (χ4n) is 0.811. The van der Waals surface area contributed by atoms with E-state index in [1.807, 2.05) is 0 Å². The summed E-state index contributed by atoms with van der Waals surface area (Å²) in [7, 11) is -1.52. The molecular formula is C7H10N2O2S. The first-order chi connectivity index (χ1) is 5.56. The first kappa shape index (κ1) is 8.99. The van der Waals surface area contributed by atoms with Crippen molar-refractivity contribution in [3.63, 3.8) is 0 Å². The molecule has 0 atom stereocenters. The third kappa shape index (κ3) is 1.73. The lowest BCUT2D eigenvalue weighted by molar-refractivity contribution is 0.599. The van der Waals surface area contributed by atoms with Crippen molar-refractivity contribution in [1.29, 1.82) is 0 Å². The van der Waals surface area contributed by atoms with Crippen LogP contribution in [0.3, 0.4) is 0 Å². The summed E-state index contributed by atoms with van der Waals surface area (Å²) >= 11 is 0. The molecule has 1 aromatic rings. The molecule has 12 heavy (non-hydrogen) atoms. The van der Waals surface area contributed by atoms with Gasteiger partial charge >= 0.3 is 0 Å². The van der Waals surface area contributed by atoms with E-state index in [0.29, 0.717) is 0 Å². The molecule has 0 aliphatic rings. The van der Waals surface area contributed by atoms with E-state index in [1.165, 1.54) is 23.2 Å². The van der Waals surface area contributed by atoms with Crippen LogP contribution in [-0.2, 0) is 16.9 Å². The summed E-state index contributed by atoms with van der Waals surface area (Å²) in [6, 6.07) is 0. The maximum atomic E-state index is 11.3. The molecule has 1 aromatic heterocycles. The third-order valence-corrected chi connectivity index (χ3v) is 2.98. The summed E-state index contributed by atoms with van der Waals surface area (Å²) in [5, 5.41) is 3.77. The van der Waals surface area contributed by atoms with Crippen LogP contribution in [0.1, 0.15) is 0 Å². The van der Waals surface area contributed by atoms with E-state index in [1.54, 1.807) is 7.05 Å². The average molecular weight is 186 g/mol. The van der Waals surface area contributed by atoms with Crippen LogP contribution in [0.4, 0.5) is 0 Å². The fourth-order valence-corrected chi connectivity index (χ4v) is 1.83. The van der Waals surface area contributed by atoms with Gasteiger partial charge < -0.3 is 0 Å². The standard InChI is InChI=1S/C7H10N2O2S/c1-3-4-12(10,11)7-5-8-9(2)6-7/h3,5-6H,1,4H2,2H3. The molecule has 0 amide bonds. The zero-order valence-corrected chi connectivity index (χ0v) is 7.58. The van der Waals surface area contributed by atoms with Crippen LogP contribution in [0.2, 0.25) is 0 Å². The van der Waals surface area contributed by atoms with Crippen molar-refractivity contribution < 1.29 is 8.42 Å². The Morgan fingerprint density at radius 2 is 2.42 bits per heavy atom. The molecule has 0 saturated heterocycles. The SMILES string of the molecule is C=CCS(=O)(=O)c1cnn(C)c1. The van der Waals surface area contributed by atoms with Crippen LogP contribution in [0.15, 0.2) is 29.9 Å². The van der Waals surface area contributed by atoms with Crippen molar-refractivity contribution in [1.82, 2.24) is 9.78 Å². The van der Waals surface area contributed by atoms with E-state index < -0.39 is 9.84 Å². The van der Waals surface area contributed by atoms with Gasteiger partial charge in [0.25, 0.3) is 0 Å². The molecule has 5 heteroatoms. The van der Waals surface area contributed by atoms with E-state index >= 15 is 0 Å². The van der Waals surface area contributed by atoms with Gasteiger partial charge in [0.15, 0.2) is 9.84 Å². The lowest BCUT2D eigenvalue weighted by Crippen LogP contribution is -2.02. The third-order valence-electron chi connectivity index (χ3n) is 1.38. The first-order valence-electron chi connectivity index (χ1n) is 3.38. The van der Waals surface area contributed by atoms with Crippen molar-refractivity contribution in [3.8, 4) is 0 Å². The van der Waals surface area contributed by atoms with Crippen molar-refractivity contribution in [3.05, 3.63) is 25.0 Å². The molecule has 1 rings (SSSR count). The molecule has 0 spiro atoms. The Morgan fingerprint density at radius 1 is 1.75 bits per heavy atom. The number of hydrogen-bond acceptors (Lipinski definition) is 3. The molecule has 0 aliphatic heterocycles. The monoisotopic (exact) mass is 186 g/mol. The Bertz CT molecular complexity index is 378. The minimum atomic E-state index is -3.19. The maximum absolute atomic E-state index is 11.3. The average Bonchev–Trinajstić information content (AvgIpc) is 2.36. The predicted octanol–water partition coefficient (Wildman–Crippen LogP) is 0.380. The molecule has 66 valence electrons. The topological polar surface area (TPSA) is 52.0 Å². The van der Waals surface area contributed by atoms with Crippen molar-refractivity contribution in [2.24, 2.45) is 7.05 Å². The van der Waals surface area contributed by atoms with E-state index in [-0.39, 0.29) is 10.6 Å². The van der Waals surface area contributed by atoms with Gasteiger partial charge in [-0.1, -0.05) is 6.08 Å². The molecule has 0 bridgehead atoms. The maximum Gasteiger partial charge on any atom is 0.185 e. The van der Waals surface area contributed by atoms with Crippen molar-refractivity contribution >= 4 is 9.84 Å². The Balaban J connectivity index is 3.06. The normalized spacial score (nSPS) is 11.4. The van der Waals surface area contributed by atoms with Gasteiger partial charge in [0.1, 0.15) is 4.90 Å². The minimum absolute atomic E-state index is 0.0430. The van der Waals surface area contributed by atoms with Crippen LogP contribution < -0.4 is 0 Å². The highest BCUT2D eigenvalue weighted by molar-refractivity contribution is 7.91. The quantitative estimate of drug-likeness (QED) is 0.641. The number of hydrogen-bond donors (Lipinski definition) is 0. The zero-order chi connectivity index (χ0) is 9.19. The van der Waals surface area contributed by atoms with Gasteiger partial charge in [0, 0.05) is 13.2 Å². The summed E-state index contributed by atoms with van der Waals surface area (Å²) in [6.07, 6.45) is 4.17. The van der Waals surface area contributed by atoms with Crippen LogP contribution >= 0.6 is 0 Å². The number of aromatic nitrogens is 2. The van der Waals surface area contributed by atoms with Crippen LogP contribution in [0.5, 0.6) is 0 Å². The highest BCUT2D eigenvalue weighted by atomic mass is 32.2. The number of sulfone groups is 1. The Labute approximate surface area is 71.4 Å². The smallest absolute Gasteiger partial charge is 0.185 e. The van der Waals surface area contributed by atoms with Gasteiger partial charge in [-0.05, 0) is 0 Å². The predicted molar refractivity (Wildman–Crippen MR) is 45.5 cm³/mol. The van der Waals surface area contributed by atoms with E-state index in [9.17, 15) is 8.42 Å². The summed E-state index contributed by atoms with van der Waals surface area (Å²) in [6.45, 7) is 3.37. The summed E-state index contributed by atoms with van der Waals surface area (Å²) in [5.41, 5.74) is 0. The van der Waals surface area contributed by atoms with Gasteiger partial charge in [0.2, 0.25) is 0 Å². The number of rotatable bonds is 3. The van der Waals surface area contributed by atoms with Crippen LogP contribution in [-0.4, -0.2) is 24.0 Å². The number of nitrogens with zero attached hydrogens (tertiary/aromatic N) is 2. The summed E-state index contributed by atoms with van der Waals surface area (Å²) in [5.74, 6) is -0.0430. The Morgan fingerprint density at radius 3 is 2.83 bits per heavy atom. The second-order valence-corrected chi connectivity index (χ2v) is 4.45. The molecule has 0 aromatic carbocycles. The fraction of sp³-hybridized carbons (Fsp3) is 0.286. The molecule has 0 N–H and O–H groups in total. The van der Waals surface area contributed by atoms with Gasteiger partial charge in [0.05, 0.1) is 11.9 Å². The second kappa shape index (κ2) is 3.10. The molecule has 0 unspecified atom stereocenters. The lowest BCUT2D eigenvalue weighted by atomic mass is 10.7. The molecular weight excluding hydrogens is 176 g/mol. The lowest BCUT2D eigenvalue weighted by Gasteiger charge is -1.93. The Hall–Kier alpha value is -1.10. The minimum Gasteiger partial charge on any atom is -0.274 e. The van der Waals surface area contributed by atoms with Gasteiger partial charge in [-0.15, -0.1) is 6.58 Å². The van der Waals surface area contributed by atoms with E-state index in [0.717, 1.165) is 0 Å².